The molecular formula is C18H12BrF2P. The minimum absolute atomic E-state index is 0.588. The van der Waals surface area contributed by atoms with Crippen LogP contribution in [0.5, 0.6) is 0 Å². The lowest BCUT2D eigenvalue weighted by atomic mass is 10.3. The van der Waals surface area contributed by atoms with Crippen LogP contribution in [0, 0.1) is 11.6 Å². The van der Waals surface area contributed by atoms with Gasteiger partial charge in [-0.2, -0.15) is 0 Å². The van der Waals surface area contributed by atoms with Gasteiger partial charge in [0.15, 0.2) is 11.6 Å². The van der Waals surface area contributed by atoms with Gasteiger partial charge in [0.05, 0.1) is 0 Å². The van der Waals surface area contributed by atoms with E-state index >= 15 is 0 Å². The summed E-state index contributed by atoms with van der Waals surface area (Å²) in [6.07, 6.45) is 0. The summed E-state index contributed by atoms with van der Waals surface area (Å²) in [5, 5.41) is 2.96. The van der Waals surface area contributed by atoms with Crippen LogP contribution in [0.1, 0.15) is 0 Å². The van der Waals surface area contributed by atoms with E-state index in [2.05, 4.69) is 15.9 Å². The van der Waals surface area contributed by atoms with Crippen molar-refractivity contribution in [1.29, 1.82) is 0 Å². The van der Waals surface area contributed by atoms with Crippen molar-refractivity contribution in [2.45, 2.75) is 0 Å². The third-order valence-corrected chi connectivity index (χ3v) is 6.70. The SMILES string of the molecule is Fc1cc(Br)c(P(c2ccccc2)c2ccccc2)cc1F. The second-order valence-corrected chi connectivity index (χ2v) is 7.76. The molecule has 3 rings (SSSR count). The molecule has 0 heterocycles. The topological polar surface area (TPSA) is 0 Å². The van der Waals surface area contributed by atoms with Gasteiger partial charge in [0.1, 0.15) is 0 Å². The molecule has 0 unspecified atom stereocenters. The molecule has 0 aliphatic rings. The van der Waals surface area contributed by atoms with Crippen molar-refractivity contribution in [3.8, 4) is 0 Å². The normalized spacial score (nSPS) is 10.9. The largest absolute Gasteiger partial charge is 0.204 e. The van der Waals surface area contributed by atoms with E-state index in [-0.39, 0.29) is 0 Å². The van der Waals surface area contributed by atoms with Gasteiger partial charge >= 0.3 is 0 Å². The molecule has 0 saturated carbocycles. The summed E-state index contributed by atoms with van der Waals surface area (Å²) in [5.41, 5.74) is 0. The molecule has 0 N–H and O–H groups in total. The number of hydrogen-bond donors (Lipinski definition) is 0. The molecule has 0 fully saturated rings. The zero-order chi connectivity index (χ0) is 15.5. The van der Waals surface area contributed by atoms with Crippen molar-refractivity contribution >= 4 is 39.8 Å². The van der Waals surface area contributed by atoms with Crippen LogP contribution >= 0.6 is 23.9 Å². The Morgan fingerprint density at radius 2 is 1.14 bits per heavy atom. The van der Waals surface area contributed by atoms with E-state index in [0.717, 1.165) is 15.9 Å². The van der Waals surface area contributed by atoms with E-state index in [1.807, 2.05) is 60.7 Å². The Balaban J connectivity index is 2.21. The lowest BCUT2D eigenvalue weighted by Gasteiger charge is -2.20. The Labute approximate surface area is 137 Å². The van der Waals surface area contributed by atoms with Crippen LogP contribution in [-0.4, -0.2) is 0 Å². The van der Waals surface area contributed by atoms with Crippen LogP contribution < -0.4 is 15.9 Å². The summed E-state index contributed by atoms with van der Waals surface area (Å²) >= 11 is 3.39. The van der Waals surface area contributed by atoms with Crippen molar-refractivity contribution in [3.05, 3.63) is 88.9 Å². The molecule has 0 bridgehead atoms. The summed E-state index contributed by atoms with van der Waals surface area (Å²) in [4.78, 5) is 0. The Bertz CT molecular complexity index is 736. The summed E-state index contributed by atoms with van der Waals surface area (Å²) in [5.74, 6) is -1.66. The number of halogens is 3. The molecule has 0 atom stereocenters. The second-order valence-electron chi connectivity index (χ2n) is 4.72. The second kappa shape index (κ2) is 6.68. The van der Waals surface area contributed by atoms with E-state index in [0.29, 0.717) is 4.47 Å². The fraction of sp³-hybridized carbons (Fsp3) is 0. The van der Waals surface area contributed by atoms with Crippen LogP contribution in [0.3, 0.4) is 0 Å². The number of rotatable bonds is 3. The first kappa shape index (κ1) is 15.3. The molecule has 0 aromatic heterocycles. The molecule has 3 aromatic carbocycles. The summed E-state index contributed by atoms with van der Waals surface area (Å²) in [6.45, 7) is 0. The first-order valence-electron chi connectivity index (χ1n) is 6.71. The van der Waals surface area contributed by atoms with E-state index in [9.17, 15) is 8.78 Å². The van der Waals surface area contributed by atoms with Crippen molar-refractivity contribution in [1.82, 2.24) is 0 Å². The van der Waals surface area contributed by atoms with Gasteiger partial charge in [-0.05, 0) is 30.7 Å². The third kappa shape index (κ3) is 3.11. The monoisotopic (exact) mass is 376 g/mol. The van der Waals surface area contributed by atoms with Crippen LogP contribution in [0.15, 0.2) is 77.3 Å². The maximum Gasteiger partial charge on any atom is 0.159 e. The molecule has 0 nitrogen and oxygen atoms in total. The van der Waals surface area contributed by atoms with Crippen molar-refractivity contribution < 1.29 is 8.78 Å². The predicted molar refractivity (Wildman–Crippen MR) is 92.8 cm³/mol. The fourth-order valence-corrected chi connectivity index (χ4v) is 5.43. The van der Waals surface area contributed by atoms with Crippen molar-refractivity contribution in [3.63, 3.8) is 0 Å². The minimum atomic E-state index is -0.949. The molecule has 22 heavy (non-hydrogen) atoms. The standard InChI is InChI=1S/C18H12BrF2P/c19-15-11-16(20)17(21)12-18(15)22(13-7-3-1-4-8-13)14-9-5-2-6-10-14/h1-12H. The highest BCUT2D eigenvalue weighted by Gasteiger charge is 2.20. The Kier molecular flexibility index (Phi) is 4.66. The molecule has 3 aromatic rings. The molecule has 0 amide bonds. The van der Waals surface area contributed by atoms with Gasteiger partial charge in [0.25, 0.3) is 0 Å². The Morgan fingerprint density at radius 3 is 1.64 bits per heavy atom. The van der Waals surface area contributed by atoms with Crippen LogP contribution in [0.4, 0.5) is 8.78 Å². The van der Waals surface area contributed by atoms with E-state index in [1.165, 1.54) is 12.1 Å². The quantitative estimate of drug-likeness (QED) is 0.466. The number of hydrogen-bond acceptors (Lipinski definition) is 0. The highest BCUT2D eigenvalue weighted by Crippen LogP contribution is 2.36. The van der Waals surface area contributed by atoms with Crippen LogP contribution in [0.2, 0.25) is 0 Å². The van der Waals surface area contributed by atoms with E-state index in [4.69, 9.17) is 0 Å². The molecule has 0 radical (unpaired) electrons. The average Bonchev–Trinajstić information content (AvgIpc) is 2.55. The van der Waals surface area contributed by atoms with Crippen LogP contribution in [0.25, 0.3) is 0 Å². The van der Waals surface area contributed by atoms with Gasteiger partial charge in [-0.1, -0.05) is 76.6 Å². The fourth-order valence-electron chi connectivity index (χ4n) is 2.26. The first-order chi connectivity index (χ1) is 10.7. The average molecular weight is 377 g/mol. The lowest BCUT2D eigenvalue weighted by molar-refractivity contribution is 0.509. The summed E-state index contributed by atoms with van der Waals surface area (Å²) in [7, 11) is -0.949. The molecule has 0 aliphatic carbocycles. The molecular weight excluding hydrogens is 365 g/mol. The van der Waals surface area contributed by atoms with Gasteiger partial charge in [-0.3, -0.25) is 0 Å². The third-order valence-electron chi connectivity index (χ3n) is 3.26. The van der Waals surface area contributed by atoms with Crippen molar-refractivity contribution in [2.24, 2.45) is 0 Å². The highest BCUT2D eigenvalue weighted by atomic mass is 79.9. The molecule has 4 heteroatoms. The minimum Gasteiger partial charge on any atom is -0.204 e. The Hall–Kier alpha value is -1.57. The Morgan fingerprint density at radius 1 is 0.682 bits per heavy atom. The predicted octanol–water partition coefficient (Wildman–Crippen LogP) is 4.49. The maximum atomic E-state index is 13.8. The van der Waals surface area contributed by atoms with Crippen molar-refractivity contribution in [2.75, 3.05) is 0 Å². The lowest BCUT2D eigenvalue weighted by Crippen LogP contribution is -2.22. The molecule has 110 valence electrons. The molecule has 0 aliphatic heterocycles. The van der Waals surface area contributed by atoms with Gasteiger partial charge in [0, 0.05) is 9.78 Å². The molecule has 0 saturated heterocycles. The summed E-state index contributed by atoms with van der Waals surface area (Å²) in [6, 6.07) is 22.3. The van der Waals surface area contributed by atoms with Crippen LogP contribution in [-0.2, 0) is 0 Å². The van der Waals surface area contributed by atoms with E-state index < -0.39 is 19.6 Å². The van der Waals surface area contributed by atoms with Gasteiger partial charge in [-0.25, -0.2) is 8.78 Å². The zero-order valence-electron chi connectivity index (χ0n) is 11.5. The molecule has 0 spiro atoms. The van der Waals surface area contributed by atoms with Gasteiger partial charge in [0.2, 0.25) is 0 Å². The zero-order valence-corrected chi connectivity index (χ0v) is 14.0. The maximum absolute atomic E-state index is 13.8. The first-order valence-corrected chi connectivity index (χ1v) is 8.85. The van der Waals surface area contributed by atoms with Gasteiger partial charge in [-0.15, -0.1) is 0 Å². The van der Waals surface area contributed by atoms with Gasteiger partial charge < -0.3 is 0 Å². The smallest absolute Gasteiger partial charge is 0.159 e. The number of benzene rings is 3. The highest BCUT2D eigenvalue weighted by molar-refractivity contribution is 9.10. The summed E-state index contributed by atoms with van der Waals surface area (Å²) < 4.78 is 27.8. The van der Waals surface area contributed by atoms with E-state index in [1.54, 1.807) is 0 Å².